The van der Waals surface area contributed by atoms with Crippen LogP contribution in [0.4, 0.5) is 10.1 Å². The first-order valence-corrected chi connectivity index (χ1v) is 24.7. The van der Waals surface area contributed by atoms with Crippen LogP contribution in [0.1, 0.15) is 77.5 Å². The second-order valence-corrected chi connectivity index (χ2v) is 22.2. The van der Waals surface area contributed by atoms with E-state index in [-0.39, 0.29) is 70.7 Å². The number of carbonyl (C=O) groups excluding carboxylic acids is 2. The largest absolute Gasteiger partial charge is 0.489 e. The molecule has 69 heavy (non-hydrogen) atoms. The van der Waals surface area contributed by atoms with Crippen molar-refractivity contribution in [3.8, 4) is 23.3 Å². The Morgan fingerprint density at radius 1 is 1.01 bits per heavy atom. The molecule has 3 aromatic rings. The fraction of sp³-hybridized carbons (Fsp3) is 0.547. The molecule has 1 saturated carbocycles. The molecule has 4 fully saturated rings. The van der Waals surface area contributed by atoms with Crippen LogP contribution in [0.15, 0.2) is 65.8 Å². The number of aliphatic hydroxyl groups is 1. The van der Waals surface area contributed by atoms with Crippen molar-refractivity contribution in [2.45, 2.75) is 103 Å². The lowest BCUT2D eigenvalue weighted by Crippen LogP contribution is -2.75. The summed E-state index contributed by atoms with van der Waals surface area (Å²) in [5, 5.41) is 27.3. The molecule has 3 saturated heterocycles. The van der Waals surface area contributed by atoms with Gasteiger partial charge in [0.2, 0.25) is 11.8 Å². The standard InChI is InChI=1S/C53H67ClFN9O5/c1-51(2)48(52(3,4)49(51)68-36-15-13-31(25-56)40(54)24-36)59-46(65)32-26-58-50(61(8)27-32)63-21-18-34(19-22-63)62(9)35-28-64(29-35)41-11-10-12-43(44(41)55)69-42-16-14-33(53(5,6)67)23-38(42)39-30-60(7)47(66)45-37(39)17-20-57-45/h10-16,23-24,26,30,32,34-35,37,45,48-50,57,67H,17-22,27-29H2,1-9H3,(H,59,65). The van der Waals surface area contributed by atoms with Gasteiger partial charge in [-0.1, -0.05) is 51.4 Å². The van der Waals surface area contributed by atoms with Crippen molar-refractivity contribution in [1.82, 2.24) is 30.2 Å². The predicted molar refractivity (Wildman–Crippen MR) is 266 cm³/mol. The molecule has 0 aromatic heterocycles. The van der Waals surface area contributed by atoms with Crippen LogP contribution in [-0.4, -0.2) is 140 Å². The Morgan fingerprint density at radius 3 is 2.41 bits per heavy atom. The summed E-state index contributed by atoms with van der Waals surface area (Å²) in [6.45, 7) is 16.3. The molecule has 3 N–H and O–H groups in total. The number of rotatable bonds is 12. The van der Waals surface area contributed by atoms with Gasteiger partial charge in [-0.3, -0.25) is 29.3 Å². The van der Waals surface area contributed by atoms with Crippen LogP contribution < -0.4 is 25.0 Å². The maximum atomic E-state index is 16.5. The van der Waals surface area contributed by atoms with E-state index in [9.17, 15) is 20.0 Å². The summed E-state index contributed by atoms with van der Waals surface area (Å²) >= 11 is 6.29. The zero-order chi connectivity index (χ0) is 49.3. The lowest BCUT2D eigenvalue weighted by molar-refractivity contribution is -0.174. The van der Waals surface area contributed by atoms with Crippen LogP contribution in [0, 0.1) is 39.8 Å². The highest BCUT2D eigenvalue weighted by Gasteiger charge is 2.64. The Labute approximate surface area is 411 Å². The minimum absolute atomic E-state index is 0.0140. The smallest absolute Gasteiger partial charge is 0.244 e. The lowest BCUT2D eigenvalue weighted by atomic mass is 9.49. The highest BCUT2D eigenvalue weighted by molar-refractivity contribution is 6.31. The van der Waals surface area contributed by atoms with E-state index in [4.69, 9.17) is 26.1 Å². The number of aliphatic imine (C=N–C) groups is 1. The number of hydrogen-bond acceptors (Lipinski definition) is 12. The van der Waals surface area contributed by atoms with Crippen LogP contribution >= 0.6 is 11.6 Å². The number of carbonyl (C=O) groups is 2. The lowest BCUT2D eigenvalue weighted by Gasteiger charge is -2.63. The van der Waals surface area contributed by atoms with Gasteiger partial charge in [-0.05, 0) is 101 Å². The Kier molecular flexibility index (Phi) is 13.2. The van der Waals surface area contributed by atoms with Gasteiger partial charge in [0, 0.05) is 98.7 Å². The molecule has 5 heterocycles. The number of likely N-dealkylation sites (N-methyl/N-ethyl adjacent to an activating group) is 2. The maximum absolute atomic E-state index is 16.5. The molecule has 0 bridgehead atoms. The molecule has 368 valence electrons. The monoisotopic (exact) mass is 963 g/mol. The zero-order valence-corrected chi connectivity index (χ0v) is 42.1. The molecule has 14 nitrogen and oxygen atoms in total. The van der Waals surface area contributed by atoms with E-state index in [0.29, 0.717) is 65.6 Å². The number of nitriles is 1. The summed E-state index contributed by atoms with van der Waals surface area (Å²) in [7, 11) is 5.97. The Hall–Kier alpha value is -5.08. The van der Waals surface area contributed by atoms with Crippen LogP contribution in [-0.2, 0) is 15.2 Å². The summed E-state index contributed by atoms with van der Waals surface area (Å²) in [5.41, 5.74) is 1.40. The fourth-order valence-corrected chi connectivity index (χ4v) is 12.4. The third kappa shape index (κ3) is 9.13. The number of likely N-dealkylation sites (tertiary alicyclic amines) is 1. The molecule has 0 radical (unpaired) electrons. The molecule has 0 spiro atoms. The van der Waals surface area contributed by atoms with E-state index < -0.39 is 11.4 Å². The predicted octanol–water partition coefficient (Wildman–Crippen LogP) is 6.66. The summed E-state index contributed by atoms with van der Waals surface area (Å²) in [5.74, 6) is 0.280. The number of halogens is 2. The van der Waals surface area contributed by atoms with Crippen molar-refractivity contribution < 1.29 is 28.6 Å². The zero-order valence-electron chi connectivity index (χ0n) is 41.3. The second kappa shape index (κ2) is 18.6. The van der Waals surface area contributed by atoms with E-state index >= 15 is 4.39 Å². The highest BCUT2D eigenvalue weighted by Crippen LogP contribution is 2.56. The summed E-state index contributed by atoms with van der Waals surface area (Å²) in [4.78, 5) is 42.4. The van der Waals surface area contributed by atoms with Gasteiger partial charge < -0.3 is 35.0 Å². The molecular formula is C53H67ClFN9O5. The van der Waals surface area contributed by atoms with Crippen molar-refractivity contribution >= 4 is 40.9 Å². The van der Waals surface area contributed by atoms with Gasteiger partial charge in [-0.25, -0.2) is 4.39 Å². The van der Waals surface area contributed by atoms with Gasteiger partial charge in [0.25, 0.3) is 0 Å². The molecule has 1 aliphatic carbocycles. The number of hydrogen-bond donors (Lipinski definition) is 3. The van der Waals surface area contributed by atoms with Crippen LogP contribution in [0.25, 0.3) is 5.57 Å². The second-order valence-electron chi connectivity index (χ2n) is 21.8. The average Bonchev–Trinajstić information content (AvgIpc) is 3.79. The summed E-state index contributed by atoms with van der Waals surface area (Å²) < 4.78 is 29.4. The molecule has 2 amide bonds. The molecular weight excluding hydrogens is 897 g/mol. The van der Waals surface area contributed by atoms with Crippen molar-refractivity contribution in [2.75, 3.05) is 65.3 Å². The Morgan fingerprint density at radius 2 is 1.74 bits per heavy atom. The van der Waals surface area contributed by atoms with Gasteiger partial charge in [0.05, 0.1) is 33.8 Å². The third-order valence-electron chi connectivity index (χ3n) is 16.0. The van der Waals surface area contributed by atoms with Crippen molar-refractivity contribution in [3.63, 3.8) is 0 Å². The van der Waals surface area contributed by atoms with Gasteiger partial charge >= 0.3 is 0 Å². The first-order valence-electron chi connectivity index (χ1n) is 24.3. The summed E-state index contributed by atoms with van der Waals surface area (Å²) in [6, 6.07) is 18.1. The van der Waals surface area contributed by atoms with E-state index in [2.05, 4.69) is 71.0 Å². The number of piperidine rings is 1. The molecule has 4 atom stereocenters. The van der Waals surface area contributed by atoms with Crippen molar-refractivity contribution in [1.29, 1.82) is 5.26 Å². The average molecular weight is 965 g/mol. The van der Waals surface area contributed by atoms with Gasteiger partial charge in [-0.15, -0.1) is 0 Å². The SMILES string of the molecule is CN1C=C(c2cc(C(C)(C)O)ccc2Oc2cccc(N3CC(N(C)C4CCN(C5N=CC(C(=O)NC6C(C)(C)C(Oc7ccc(C#N)c(Cl)c7)C6(C)C)CN5C)CC4)C3)c2F)C2CCNC2C1=O. The molecule has 4 unspecified atom stereocenters. The van der Waals surface area contributed by atoms with E-state index in [1.807, 2.05) is 37.7 Å². The van der Waals surface area contributed by atoms with Crippen molar-refractivity contribution in [3.05, 3.63) is 88.3 Å². The molecule has 16 heteroatoms. The van der Waals surface area contributed by atoms with Gasteiger partial charge in [-0.2, -0.15) is 5.26 Å². The van der Waals surface area contributed by atoms with Gasteiger partial charge in [0.15, 0.2) is 17.9 Å². The minimum Gasteiger partial charge on any atom is -0.489 e. The molecule has 6 aliphatic rings. The van der Waals surface area contributed by atoms with E-state index in [1.165, 1.54) is 0 Å². The number of fused-ring (bicyclic) bond motifs is 1. The number of amides is 2. The third-order valence-corrected chi connectivity index (χ3v) is 16.3. The van der Waals surface area contributed by atoms with Crippen LogP contribution in [0.2, 0.25) is 5.02 Å². The first-order chi connectivity index (χ1) is 32.7. The number of nitrogens with zero attached hydrogens (tertiary/aromatic N) is 7. The number of ether oxygens (including phenoxy) is 2. The Balaban J connectivity index is 0.778. The van der Waals surface area contributed by atoms with E-state index in [1.54, 1.807) is 62.2 Å². The molecule has 3 aromatic carbocycles. The normalized spacial score (nSPS) is 27.3. The quantitative estimate of drug-likeness (QED) is 0.179. The number of anilines is 1. The topological polar surface area (TPSA) is 149 Å². The van der Waals surface area contributed by atoms with Crippen LogP contribution in [0.3, 0.4) is 0 Å². The highest BCUT2D eigenvalue weighted by atomic mass is 35.5. The van der Waals surface area contributed by atoms with Crippen LogP contribution in [0.5, 0.6) is 17.2 Å². The Bertz CT molecular complexity index is 2560. The maximum Gasteiger partial charge on any atom is 0.244 e. The first kappa shape index (κ1) is 48.9. The fourth-order valence-electron chi connectivity index (χ4n) is 12.2. The number of nitrogens with one attached hydrogen (secondary N) is 2. The molecule has 5 aliphatic heterocycles. The minimum atomic E-state index is -1.12. The van der Waals surface area contributed by atoms with E-state index in [0.717, 1.165) is 43.5 Å². The molecule has 9 rings (SSSR count). The van der Waals surface area contributed by atoms with Gasteiger partial charge in [0.1, 0.15) is 23.7 Å². The summed E-state index contributed by atoms with van der Waals surface area (Å²) in [6.07, 6.45) is 6.09. The number of benzene rings is 3. The van der Waals surface area contributed by atoms with Crippen molar-refractivity contribution in [2.24, 2.45) is 27.7 Å².